The van der Waals surface area contributed by atoms with Crippen molar-refractivity contribution in [3.8, 4) is 0 Å². The van der Waals surface area contributed by atoms with Crippen molar-refractivity contribution in [3.63, 3.8) is 0 Å². The first-order valence-electron chi connectivity index (χ1n) is 20.3. The number of anilines is 2. The number of nitrogens with zero attached hydrogens (tertiary/aromatic N) is 3. The monoisotopic (exact) mass is 862 g/mol. The Hall–Kier alpha value is -7.10. The summed E-state index contributed by atoms with van der Waals surface area (Å²) in [5.74, 6) is -3.64. The zero-order valence-electron chi connectivity index (χ0n) is 33.6. The third kappa shape index (κ3) is 9.54. The van der Waals surface area contributed by atoms with Gasteiger partial charge in [0.2, 0.25) is 11.8 Å². The summed E-state index contributed by atoms with van der Waals surface area (Å²) in [4.78, 5) is 71.7. The molecular weight excluding hydrogens is 815 g/mol. The van der Waals surface area contributed by atoms with Crippen LogP contribution in [0.5, 0.6) is 0 Å². The van der Waals surface area contributed by atoms with E-state index in [0.29, 0.717) is 65.9 Å². The van der Waals surface area contributed by atoms with Crippen molar-refractivity contribution < 1.29 is 38.2 Å². The molecule has 0 radical (unpaired) electrons. The molecule has 14 nitrogen and oxygen atoms in total. The fourth-order valence-electron chi connectivity index (χ4n) is 8.83. The second kappa shape index (κ2) is 18.9. The van der Waals surface area contributed by atoms with Crippen molar-refractivity contribution in [2.24, 2.45) is 10.8 Å². The van der Waals surface area contributed by atoms with Gasteiger partial charge in [0.05, 0.1) is 50.8 Å². The smallest absolute Gasteiger partial charge is 0.310 e. The maximum atomic E-state index is 14.7. The van der Waals surface area contributed by atoms with Crippen molar-refractivity contribution in [3.05, 3.63) is 140 Å². The maximum absolute atomic E-state index is 14.7. The van der Waals surface area contributed by atoms with Crippen LogP contribution in [0.1, 0.15) is 94.1 Å². The summed E-state index contributed by atoms with van der Waals surface area (Å²) >= 11 is 0. The number of aliphatic carboxylic acids is 2. The summed E-state index contributed by atoms with van der Waals surface area (Å²) < 4.78 is 27.8. The molecular formula is C47H48F2N6O8. The van der Waals surface area contributed by atoms with Gasteiger partial charge in [-0.05, 0) is 73.2 Å². The van der Waals surface area contributed by atoms with E-state index in [9.17, 15) is 37.5 Å². The molecule has 16 heteroatoms. The first-order chi connectivity index (χ1) is 29.7. The Morgan fingerprint density at radius 2 is 1.16 bits per heavy atom. The van der Waals surface area contributed by atoms with Crippen molar-refractivity contribution in [1.29, 1.82) is 0 Å². The molecule has 6 N–H and O–H groups in total. The quantitative estimate of drug-likeness (QED) is 0.0745. The molecule has 2 aliphatic carbocycles. The van der Waals surface area contributed by atoms with Crippen molar-refractivity contribution in [1.82, 2.24) is 20.4 Å². The molecule has 1 saturated heterocycles. The molecule has 0 unspecified atom stereocenters. The summed E-state index contributed by atoms with van der Waals surface area (Å²) in [6.07, 6.45) is 6.60. The highest BCUT2D eigenvalue weighted by Gasteiger charge is 2.53. The van der Waals surface area contributed by atoms with Crippen LogP contribution in [0, 0.1) is 22.5 Å². The molecule has 1 spiro atoms. The number of aromatic nitrogens is 4. The molecule has 3 heterocycles. The molecule has 328 valence electrons. The summed E-state index contributed by atoms with van der Waals surface area (Å²) in [6, 6.07) is 23.4. The van der Waals surface area contributed by atoms with Gasteiger partial charge in [-0.2, -0.15) is 10.2 Å². The van der Waals surface area contributed by atoms with Crippen LogP contribution in [0.15, 0.2) is 94.5 Å². The number of hydrogen-bond donors (Lipinski definition) is 5. The standard InChI is InChI=1S/C23H20FN3O3.C15H12FN3O.C8H12O4.CH4/c24-17-8-7-14(11-18-15-5-1-2-6-16(15)21(29)26-25-18)12-19(17)27-20(28)13-23(22(27)30)9-3-4-10-23;16-12-6-5-9(7-13(12)17)8-14-10-3-1-2-4-11(10)15(20)19-18-14;9-6(10)5-8(7(11)12)3-1-2-4-8;/h1-2,5-8,12H,3-4,9-11,13H2,(H,26,29);1-7H,8,17H2,(H,19,20);1-5H2,(H,9,10)(H,11,12);1H4. The zero-order chi connectivity index (χ0) is 44.2. The van der Waals surface area contributed by atoms with Gasteiger partial charge in [-0.25, -0.2) is 23.9 Å². The van der Waals surface area contributed by atoms with Crippen LogP contribution >= 0.6 is 0 Å². The minimum Gasteiger partial charge on any atom is -0.481 e. The Kier molecular flexibility index (Phi) is 13.6. The topological polar surface area (TPSA) is 229 Å². The molecule has 2 amide bonds. The molecule has 3 aliphatic rings. The van der Waals surface area contributed by atoms with E-state index in [0.717, 1.165) is 47.2 Å². The van der Waals surface area contributed by atoms with Gasteiger partial charge in [0.15, 0.2) is 0 Å². The van der Waals surface area contributed by atoms with Crippen LogP contribution in [-0.4, -0.2) is 54.4 Å². The van der Waals surface area contributed by atoms with Gasteiger partial charge in [-0.3, -0.25) is 28.8 Å². The van der Waals surface area contributed by atoms with Crippen molar-refractivity contribution >= 4 is 56.7 Å². The number of fused-ring (bicyclic) bond motifs is 2. The highest BCUT2D eigenvalue weighted by atomic mass is 19.1. The highest BCUT2D eigenvalue weighted by molar-refractivity contribution is 6.22. The molecule has 2 saturated carbocycles. The van der Waals surface area contributed by atoms with E-state index in [4.69, 9.17) is 15.9 Å². The Morgan fingerprint density at radius 1 is 0.683 bits per heavy atom. The number of amides is 2. The van der Waals surface area contributed by atoms with Gasteiger partial charge in [-0.1, -0.05) is 81.6 Å². The third-order valence-corrected chi connectivity index (χ3v) is 12.1. The number of benzene rings is 4. The van der Waals surface area contributed by atoms with Crippen LogP contribution < -0.4 is 21.8 Å². The second-order valence-corrected chi connectivity index (χ2v) is 16.1. The number of carboxylic acids is 2. The van der Waals surface area contributed by atoms with Crippen LogP contribution in [0.2, 0.25) is 0 Å². The average molecular weight is 863 g/mol. The molecule has 2 aromatic heterocycles. The van der Waals surface area contributed by atoms with E-state index in [1.54, 1.807) is 48.5 Å². The fraction of sp³-hybridized carbons (Fsp3) is 0.319. The minimum atomic E-state index is -1.01. The first kappa shape index (κ1) is 45.4. The molecule has 0 bridgehead atoms. The Bertz CT molecular complexity index is 2830. The normalized spacial score (nSPS) is 16.0. The van der Waals surface area contributed by atoms with Gasteiger partial charge in [-0.15, -0.1) is 0 Å². The summed E-state index contributed by atoms with van der Waals surface area (Å²) in [6.45, 7) is 0. The second-order valence-electron chi connectivity index (χ2n) is 16.1. The number of carbonyl (C=O) groups is 4. The van der Waals surface area contributed by atoms with Crippen LogP contribution in [-0.2, 0) is 32.0 Å². The van der Waals surface area contributed by atoms with E-state index in [-0.39, 0.29) is 54.6 Å². The Morgan fingerprint density at radius 3 is 1.65 bits per heavy atom. The summed E-state index contributed by atoms with van der Waals surface area (Å²) in [5.41, 5.74) is 6.45. The predicted octanol–water partition coefficient (Wildman–Crippen LogP) is 7.45. The fourth-order valence-corrected chi connectivity index (χ4v) is 8.83. The maximum Gasteiger partial charge on any atom is 0.310 e. The van der Waals surface area contributed by atoms with Crippen LogP contribution in [0.25, 0.3) is 21.5 Å². The number of nitrogens with one attached hydrogen (secondary N) is 2. The van der Waals surface area contributed by atoms with Gasteiger partial charge in [0.1, 0.15) is 11.6 Å². The van der Waals surface area contributed by atoms with E-state index in [1.165, 1.54) is 12.1 Å². The number of imide groups is 1. The van der Waals surface area contributed by atoms with E-state index in [1.807, 2.05) is 24.3 Å². The predicted molar refractivity (Wildman–Crippen MR) is 233 cm³/mol. The number of aromatic amines is 2. The molecule has 63 heavy (non-hydrogen) atoms. The zero-order valence-corrected chi connectivity index (χ0v) is 33.6. The number of nitrogens with two attached hydrogens (primary N) is 1. The summed E-state index contributed by atoms with van der Waals surface area (Å²) in [7, 11) is 0. The number of rotatable bonds is 8. The molecule has 9 rings (SSSR count). The number of nitrogen functional groups attached to an aromatic ring is 1. The lowest BCUT2D eigenvalue weighted by Gasteiger charge is -2.21. The van der Waals surface area contributed by atoms with Crippen molar-refractivity contribution in [2.75, 3.05) is 10.6 Å². The highest BCUT2D eigenvalue weighted by Crippen LogP contribution is 2.48. The van der Waals surface area contributed by atoms with Gasteiger partial charge in [0.25, 0.3) is 11.1 Å². The Balaban J connectivity index is 0.000000173. The minimum absolute atomic E-state index is 0. The lowest BCUT2D eigenvalue weighted by atomic mass is 9.83. The number of halogens is 2. The number of H-pyrrole nitrogens is 2. The average Bonchev–Trinajstić information content (AvgIpc) is 3.99. The molecule has 3 fully saturated rings. The lowest BCUT2D eigenvalue weighted by molar-refractivity contribution is -0.155. The SMILES string of the molecule is C.Nc1cc(Cc2n[nH]c(=O)c3ccccc23)ccc1F.O=C(O)CC1(C(=O)O)CCCC1.O=C1CC2(CCCC2)C(=O)N1c1cc(Cc2n[nH]c(=O)c3ccccc23)ccc1F. The summed E-state index contributed by atoms with van der Waals surface area (Å²) in [5, 5.41) is 33.2. The van der Waals surface area contributed by atoms with E-state index in [2.05, 4.69) is 20.4 Å². The Labute approximate surface area is 360 Å². The number of carbonyl (C=O) groups excluding carboxylic acids is 2. The molecule has 4 aromatic carbocycles. The lowest BCUT2D eigenvalue weighted by Crippen LogP contribution is -2.35. The molecule has 6 aromatic rings. The number of hydrogen-bond acceptors (Lipinski definition) is 9. The van der Waals surface area contributed by atoms with Gasteiger partial charge < -0.3 is 15.9 Å². The molecule has 0 atom stereocenters. The van der Waals surface area contributed by atoms with Crippen LogP contribution in [0.4, 0.5) is 20.2 Å². The third-order valence-electron chi connectivity index (χ3n) is 12.1. The van der Waals surface area contributed by atoms with E-state index < -0.39 is 34.4 Å². The van der Waals surface area contributed by atoms with E-state index >= 15 is 0 Å². The number of carboxylic acid groups (broad SMARTS) is 2. The first-order valence-corrected chi connectivity index (χ1v) is 20.3. The van der Waals surface area contributed by atoms with Gasteiger partial charge >= 0.3 is 11.9 Å². The molecule has 1 aliphatic heterocycles. The van der Waals surface area contributed by atoms with Gasteiger partial charge in [0, 0.05) is 30.0 Å². The van der Waals surface area contributed by atoms with Crippen LogP contribution in [0.3, 0.4) is 0 Å². The largest absolute Gasteiger partial charge is 0.481 e. The van der Waals surface area contributed by atoms with Crippen molar-refractivity contribution in [2.45, 2.75) is 84.5 Å².